The van der Waals surface area contributed by atoms with Crippen LogP contribution in [0.15, 0.2) is 23.2 Å². The molecule has 0 fully saturated rings. The van der Waals surface area contributed by atoms with Crippen molar-refractivity contribution < 1.29 is 0 Å². The Labute approximate surface area is 100 Å². The van der Waals surface area contributed by atoms with Gasteiger partial charge in [0.15, 0.2) is 5.17 Å². The maximum Gasteiger partial charge on any atom is 0.163 e. The van der Waals surface area contributed by atoms with E-state index < -0.39 is 0 Å². The zero-order valence-electron chi connectivity index (χ0n) is 9.41. The van der Waals surface area contributed by atoms with E-state index in [9.17, 15) is 0 Å². The molecule has 0 radical (unpaired) electrons. The van der Waals surface area contributed by atoms with Crippen molar-refractivity contribution >= 4 is 34.2 Å². The molecule has 1 aromatic rings. The number of hydrogen-bond donors (Lipinski definition) is 0. The van der Waals surface area contributed by atoms with Crippen molar-refractivity contribution in [1.82, 2.24) is 4.90 Å². The first-order chi connectivity index (χ1) is 7.04. The van der Waals surface area contributed by atoms with Gasteiger partial charge in [-0.05, 0) is 36.9 Å². The summed E-state index contributed by atoms with van der Waals surface area (Å²) >= 11 is 7.51. The molecular formula is C11H15ClN2S. The van der Waals surface area contributed by atoms with E-state index in [0.29, 0.717) is 0 Å². The number of benzene rings is 1. The molecule has 82 valence electrons. The highest BCUT2D eigenvalue weighted by Crippen LogP contribution is 2.23. The smallest absolute Gasteiger partial charge is 0.163 e. The van der Waals surface area contributed by atoms with E-state index in [1.807, 2.05) is 50.4 Å². The van der Waals surface area contributed by atoms with Crippen LogP contribution in [0, 0.1) is 6.92 Å². The molecule has 0 atom stereocenters. The fourth-order valence-corrected chi connectivity index (χ4v) is 1.96. The molecule has 0 saturated carbocycles. The van der Waals surface area contributed by atoms with Gasteiger partial charge in [0.25, 0.3) is 0 Å². The first-order valence-corrected chi connectivity index (χ1v) is 6.21. The van der Waals surface area contributed by atoms with Crippen LogP contribution in [0.4, 0.5) is 5.69 Å². The number of hydrogen-bond acceptors (Lipinski definition) is 2. The van der Waals surface area contributed by atoms with Crippen LogP contribution in [-0.2, 0) is 0 Å². The summed E-state index contributed by atoms with van der Waals surface area (Å²) < 4.78 is 0. The van der Waals surface area contributed by atoms with Gasteiger partial charge in [0.05, 0.1) is 5.69 Å². The molecule has 1 rings (SSSR count). The Hall–Kier alpha value is -0.670. The van der Waals surface area contributed by atoms with Crippen molar-refractivity contribution in [3.05, 3.63) is 28.8 Å². The third-order valence-electron chi connectivity index (χ3n) is 1.94. The highest BCUT2D eigenvalue weighted by molar-refractivity contribution is 8.13. The number of halogens is 1. The summed E-state index contributed by atoms with van der Waals surface area (Å²) in [5.41, 5.74) is 2.06. The Kier molecular flexibility index (Phi) is 4.48. The largest absolute Gasteiger partial charge is 0.357 e. The lowest BCUT2D eigenvalue weighted by Crippen LogP contribution is -2.17. The van der Waals surface area contributed by atoms with Crippen molar-refractivity contribution in [2.75, 3.05) is 20.4 Å². The summed E-state index contributed by atoms with van der Waals surface area (Å²) in [5, 5.41) is 1.74. The molecule has 0 bridgehead atoms. The van der Waals surface area contributed by atoms with Gasteiger partial charge in [-0.2, -0.15) is 0 Å². The van der Waals surface area contributed by atoms with E-state index in [4.69, 9.17) is 11.6 Å². The Morgan fingerprint density at radius 2 is 2.07 bits per heavy atom. The van der Waals surface area contributed by atoms with Crippen LogP contribution in [0.3, 0.4) is 0 Å². The molecule has 0 heterocycles. The van der Waals surface area contributed by atoms with Crippen molar-refractivity contribution in [2.24, 2.45) is 4.99 Å². The first-order valence-electron chi connectivity index (χ1n) is 4.60. The second-order valence-electron chi connectivity index (χ2n) is 3.42. The average Bonchev–Trinajstić information content (AvgIpc) is 2.16. The third-order valence-corrected chi connectivity index (χ3v) is 3.00. The van der Waals surface area contributed by atoms with Crippen LogP contribution in [0.2, 0.25) is 5.02 Å². The molecule has 4 heteroatoms. The van der Waals surface area contributed by atoms with Gasteiger partial charge in [-0.15, -0.1) is 0 Å². The Morgan fingerprint density at radius 3 is 2.53 bits per heavy atom. The topological polar surface area (TPSA) is 15.6 Å². The number of nitrogens with zero attached hydrogens (tertiary/aromatic N) is 2. The van der Waals surface area contributed by atoms with E-state index >= 15 is 0 Å². The lowest BCUT2D eigenvalue weighted by Gasteiger charge is -2.13. The zero-order valence-corrected chi connectivity index (χ0v) is 11.0. The maximum atomic E-state index is 5.89. The van der Waals surface area contributed by atoms with Crippen LogP contribution in [-0.4, -0.2) is 30.4 Å². The summed E-state index contributed by atoms with van der Waals surface area (Å²) in [6.45, 7) is 2.01. The molecule has 0 aromatic heterocycles. The lowest BCUT2D eigenvalue weighted by atomic mass is 10.2. The number of thioether (sulfide) groups is 1. The van der Waals surface area contributed by atoms with E-state index in [0.717, 1.165) is 21.4 Å². The molecule has 0 aliphatic rings. The Morgan fingerprint density at radius 1 is 1.40 bits per heavy atom. The fourth-order valence-electron chi connectivity index (χ4n) is 1.18. The van der Waals surface area contributed by atoms with Crippen LogP contribution in [0.25, 0.3) is 0 Å². The molecule has 15 heavy (non-hydrogen) atoms. The minimum absolute atomic E-state index is 0.752. The highest BCUT2D eigenvalue weighted by Gasteiger charge is 2.02. The molecule has 0 amide bonds. The quantitative estimate of drug-likeness (QED) is 0.553. The third kappa shape index (κ3) is 3.43. The van der Waals surface area contributed by atoms with Crippen LogP contribution >= 0.6 is 23.4 Å². The molecule has 0 N–H and O–H groups in total. The van der Waals surface area contributed by atoms with Gasteiger partial charge in [-0.1, -0.05) is 23.4 Å². The normalized spacial score (nSPS) is 11.7. The summed E-state index contributed by atoms with van der Waals surface area (Å²) in [5.74, 6) is 0. The van der Waals surface area contributed by atoms with Gasteiger partial charge >= 0.3 is 0 Å². The highest BCUT2D eigenvalue weighted by atomic mass is 35.5. The van der Waals surface area contributed by atoms with E-state index in [1.54, 1.807) is 11.8 Å². The Bertz CT molecular complexity index is 375. The van der Waals surface area contributed by atoms with Gasteiger partial charge in [0.2, 0.25) is 0 Å². The van der Waals surface area contributed by atoms with Gasteiger partial charge in [0, 0.05) is 19.1 Å². The summed E-state index contributed by atoms with van der Waals surface area (Å²) in [6.07, 6.45) is 2.02. The number of rotatable bonds is 1. The monoisotopic (exact) mass is 242 g/mol. The Balaban J connectivity index is 3.06. The van der Waals surface area contributed by atoms with Crippen molar-refractivity contribution in [3.63, 3.8) is 0 Å². The lowest BCUT2D eigenvalue weighted by molar-refractivity contribution is 0.637. The molecule has 2 nitrogen and oxygen atoms in total. The SMILES string of the molecule is CSC(=Nc1ccc(Cl)cc1C)N(C)C. The first kappa shape index (κ1) is 12.4. The summed E-state index contributed by atoms with van der Waals surface area (Å²) in [7, 11) is 3.97. The standard InChI is InChI=1S/C11H15ClN2S/c1-8-7-9(12)5-6-10(8)13-11(15-4)14(2)3/h5-7H,1-4H3. The molecule has 0 aliphatic heterocycles. The van der Waals surface area contributed by atoms with Gasteiger partial charge < -0.3 is 4.90 Å². The number of aliphatic imine (C=N–C) groups is 1. The molecule has 0 spiro atoms. The summed E-state index contributed by atoms with van der Waals surface area (Å²) in [6, 6.07) is 5.73. The fraction of sp³-hybridized carbons (Fsp3) is 0.364. The predicted molar refractivity (Wildman–Crippen MR) is 70.5 cm³/mol. The minimum atomic E-state index is 0.752. The predicted octanol–water partition coefficient (Wildman–Crippen LogP) is 3.56. The molecule has 0 aliphatic carbocycles. The van der Waals surface area contributed by atoms with Crippen LogP contribution in [0.5, 0.6) is 0 Å². The van der Waals surface area contributed by atoms with Gasteiger partial charge in [-0.25, -0.2) is 4.99 Å². The number of aryl methyl sites for hydroxylation is 1. The maximum absolute atomic E-state index is 5.89. The molecular weight excluding hydrogens is 228 g/mol. The van der Waals surface area contributed by atoms with Crippen LogP contribution in [0.1, 0.15) is 5.56 Å². The van der Waals surface area contributed by atoms with Gasteiger partial charge in [0.1, 0.15) is 0 Å². The zero-order chi connectivity index (χ0) is 11.4. The van der Waals surface area contributed by atoms with E-state index in [1.165, 1.54) is 0 Å². The molecule has 0 saturated heterocycles. The minimum Gasteiger partial charge on any atom is -0.357 e. The summed E-state index contributed by atoms with van der Waals surface area (Å²) in [4.78, 5) is 6.56. The molecule has 1 aromatic carbocycles. The second-order valence-corrected chi connectivity index (χ2v) is 4.63. The van der Waals surface area contributed by atoms with Crippen LogP contribution < -0.4 is 0 Å². The van der Waals surface area contributed by atoms with Gasteiger partial charge in [-0.3, -0.25) is 0 Å². The van der Waals surface area contributed by atoms with E-state index in [-0.39, 0.29) is 0 Å². The van der Waals surface area contributed by atoms with Crippen molar-refractivity contribution in [1.29, 1.82) is 0 Å². The average molecular weight is 243 g/mol. The van der Waals surface area contributed by atoms with Crippen molar-refractivity contribution in [2.45, 2.75) is 6.92 Å². The molecule has 0 unspecified atom stereocenters. The second kappa shape index (κ2) is 5.42. The van der Waals surface area contributed by atoms with Crippen molar-refractivity contribution in [3.8, 4) is 0 Å². The van der Waals surface area contributed by atoms with E-state index in [2.05, 4.69) is 4.99 Å². The number of amidine groups is 1.